The van der Waals surface area contributed by atoms with Crippen LogP contribution in [0.5, 0.6) is 5.75 Å². The lowest BCUT2D eigenvalue weighted by Gasteiger charge is -2.42. The molecule has 3 heterocycles. The second-order valence-corrected chi connectivity index (χ2v) is 10.5. The van der Waals surface area contributed by atoms with Crippen molar-refractivity contribution in [3.63, 3.8) is 0 Å². The monoisotopic (exact) mass is 535 g/mol. The van der Waals surface area contributed by atoms with Crippen molar-refractivity contribution >= 4 is 16.8 Å². The number of carbonyl (C=O) groups excluding carboxylic acids is 1. The second kappa shape index (κ2) is 9.87. The van der Waals surface area contributed by atoms with Crippen LogP contribution in [0.2, 0.25) is 0 Å². The Balaban J connectivity index is 1.47. The summed E-state index contributed by atoms with van der Waals surface area (Å²) < 4.78 is 78.6. The molecule has 0 saturated carbocycles. The third kappa shape index (κ3) is 4.74. The minimum atomic E-state index is -3.73. The van der Waals surface area contributed by atoms with Gasteiger partial charge in [-0.1, -0.05) is 18.2 Å². The first kappa shape index (κ1) is 26.5. The quantitative estimate of drug-likeness (QED) is 0.399. The lowest BCUT2D eigenvalue weighted by Crippen LogP contribution is -2.52. The number of alkyl halides is 3. The number of para-hydroxylation sites is 1. The Labute approximate surface area is 217 Å². The van der Waals surface area contributed by atoms with Gasteiger partial charge in [0.25, 0.3) is 5.91 Å². The van der Waals surface area contributed by atoms with E-state index in [0.717, 1.165) is 28.0 Å². The smallest absolute Gasteiger partial charge is 0.322 e. The van der Waals surface area contributed by atoms with Gasteiger partial charge in [-0.2, -0.15) is 8.78 Å². The van der Waals surface area contributed by atoms with Crippen LogP contribution in [-0.4, -0.2) is 65.1 Å². The standard InChI is InChI=1S/C28H30F5N3O2/c1-15-10-20-19-6-4-5-7-23(19)34-25(20)26(36(15)27(37)28(3,32)33)24-21(30)11-18(12-22(24)31)38-9-8-35-13-17(14-35)16(2)29/h4-7,11-12,15-17,26,34H,8-10,13-14H2,1-3H3. The van der Waals surface area contributed by atoms with Crippen LogP contribution in [0.3, 0.4) is 0 Å². The molecule has 0 bridgehead atoms. The summed E-state index contributed by atoms with van der Waals surface area (Å²) in [5, 5.41) is 0.811. The van der Waals surface area contributed by atoms with Gasteiger partial charge in [-0.05, 0) is 31.9 Å². The van der Waals surface area contributed by atoms with Gasteiger partial charge in [0, 0.05) is 67.2 Å². The molecule has 204 valence electrons. The van der Waals surface area contributed by atoms with Crippen molar-refractivity contribution < 1.29 is 31.5 Å². The van der Waals surface area contributed by atoms with E-state index < -0.39 is 47.3 Å². The van der Waals surface area contributed by atoms with E-state index in [9.17, 15) is 18.0 Å². The molecule has 0 radical (unpaired) electrons. The van der Waals surface area contributed by atoms with Gasteiger partial charge in [-0.15, -0.1) is 0 Å². The molecule has 2 aromatic carbocycles. The average molecular weight is 536 g/mol. The van der Waals surface area contributed by atoms with Crippen LogP contribution in [0.1, 0.15) is 43.6 Å². The van der Waals surface area contributed by atoms with E-state index in [1.807, 2.05) is 17.0 Å². The number of aromatic amines is 1. The Morgan fingerprint density at radius 2 is 1.84 bits per heavy atom. The SMILES string of the molecule is CC(F)C1CN(CCOc2cc(F)c(C3c4[nH]c5ccccc5c4CC(C)N3C(=O)C(C)(F)F)c(F)c2)C1. The highest BCUT2D eigenvalue weighted by molar-refractivity contribution is 5.88. The minimum absolute atomic E-state index is 0.0160. The molecule has 0 spiro atoms. The first-order chi connectivity index (χ1) is 18.0. The number of halogens is 5. The number of rotatable bonds is 7. The molecular formula is C28H30F5N3O2. The first-order valence-corrected chi connectivity index (χ1v) is 12.7. The van der Waals surface area contributed by atoms with Gasteiger partial charge >= 0.3 is 5.92 Å². The Morgan fingerprint density at radius 1 is 1.18 bits per heavy atom. The fourth-order valence-electron chi connectivity index (χ4n) is 5.57. The van der Waals surface area contributed by atoms with Crippen LogP contribution in [0.25, 0.3) is 10.9 Å². The van der Waals surface area contributed by atoms with Gasteiger partial charge in [0.1, 0.15) is 36.2 Å². The molecule has 2 aliphatic rings. The van der Waals surface area contributed by atoms with E-state index in [2.05, 4.69) is 4.98 Å². The number of nitrogens with zero attached hydrogens (tertiary/aromatic N) is 2. The molecule has 3 unspecified atom stereocenters. The van der Waals surface area contributed by atoms with Gasteiger partial charge < -0.3 is 14.6 Å². The molecular weight excluding hydrogens is 505 g/mol. The van der Waals surface area contributed by atoms with Crippen molar-refractivity contribution in [2.24, 2.45) is 5.92 Å². The van der Waals surface area contributed by atoms with E-state index >= 15 is 8.78 Å². The predicted molar refractivity (Wildman–Crippen MR) is 133 cm³/mol. The number of hydrogen-bond donors (Lipinski definition) is 1. The summed E-state index contributed by atoms with van der Waals surface area (Å²) in [4.78, 5) is 18.9. The Bertz CT molecular complexity index is 1320. The van der Waals surface area contributed by atoms with Crippen LogP contribution < -0.4 is 4.74 Å². The first-order valence-electron chi connectivity index (χ1n) is 12.7. The molecule has 1 saturated heterocycles. The number of amides is 1. The topological polar surface area (TPSA) is 48.6 Å². The maximum Gasteiger partial charge on any atom is 0.322 e. The molecule has 3 atom stereocenters. The number of benzene rings is 2. The van der Waals surface area contributed by atoms with Gasteiger partial charge in [0.15, 0.2) is 0 Å². The number of carbonyl (C=O) groups is 1. The number of nitrogens with one attached hydrogen (secondary N) is 1. The van der Waals surface area contributed by atoms with E-state index in [-0.39, 0.29) is 24.7 Å². The van der Waals surface area contributed by atoms with Crippen molar-refractivity contribution in [1.29, 1.82) is 0 Å². The number of fused-ring (bicyclic) bond motifs is 3. The van der Waals surface area contributed by atoms with Gasteiger partial charge in [-0.25, -0.2) is 13.2 Å². The van der Waals surface area contributed by atoms with Crippen LogP contribution in [0, 0.1) is 17.6 Å². The highest BCUT2D eigenvalue weighted by Gasteiger charge is 2.47. The van der Waals surface area contributed by atoms with E-state index in [4.69, 9.17) is 4.74 Å². The van der Waals surface area contributed by atoms with Crippen LogP contribution >= 0.6 is 0 Å². The molecule has 5 rings (SSSR count). The number of ether oxygens (including phenoxy) is 1. The number of H-pyrrole nitrogens is 1. The van der Waals surface area contributed by atoms with Crippen LogP contribution in [-0.2, 0) is 11.2 Å². The second-order valence-electron chi connectivity index (χ2n) is 10.5. The summed E-state index contributed by atoms with van der Waals surface area (Å²) in [6, 6.07) is 7.09. The third-order valence-electron chi connectivity index (χ3n) is 7.62. The molecule has 1 fully saturated rings. The third-order valence-corrected chi connectivity index (χ3v) is 7.62. The van der Waals surface area contributed by atoms with Gasteiger partial charge in [0.2, 0.25) is 0 Å². The predicted octanol–water partition coefficient (Wildman–Crippen LogP) is 5.63. The molecule has 2 aliphatic heterocycles. The molecule has 3 aromatic rings. The summed E-state index contributed by atoms with van der Waals surface area (Å²) in [7, 11) is 0. The summed E-state index contributed by atoms with van der Waals surface area (Å²) in [6.45, 7) is 5.42. The largest absolute Gasteiger partial charge is 0.492 e. The normalized spacial score (nSPS) is 21.3. The molecule has 10 heteroatoms. The Kier molecular flexibility index (Phi) is 6.87. The molecule has 5 nitrogen and oxygen atoms in total. The Morgan fingerprint density at radius 3 is 2.47 bits per heavy atom. The Hall–Kier alpha value is -3.14. The zero-order valence-corrected chi connectivity index (χ0v) is 21.4. The van der Waals surface area contributed by atoms with Crippen molar-refractivity contribution in [3.8, 4) is 5.75 Å². The van der Waals surface area contributed by atoms with E-state index in [0.29, 0.717) is 37.8 Å². The maximum atomic E-state index is 15.6. The fraction of sp³-hybridized carbons (Fsp3) is 0.464. The van der Waals surface area contributed by atoms with E-state index in [1.165, 1.54) is 6.92 Å². The molecule has 1 N–H and O–H groups in total. The number of hydrogen-bond acceptors (Lipinski definition) is 3. The highest BCUT2D eigenvalue weighted by Crippen LogP contribution is 2.44. The summed E-state index contributed by atoms with van der Waals surface area (Å²) >= 11 is 0. The van der Waals surface area contributed by atoms with Crippen molar-refractivity contribution in [2.45, 2.75) is 51.4 Å². The summed E-state index contributed by atoms with van der Waals surface area (Å²) in [5.74, 6) is -7.32. The minimum Gasteiger partial charge on any atom is -0.492 e. The molecule has 1 aromatic heterocycles. The van der Waals surface area contributed by atoms with Crippen LogP contribution in [0.15, 0.2) is 36.4 Å². The van der Waals surface area contributed by atoms with Crippen molar-refractivity contribution in [3.05, 3.63) is 64.9 Å². The summed E-state index contributed by atoms with van der Waals surface area (Å²) in [5.41, 5.74) is 1.22. The lowest BCUT2D eigenvalue weighted by molar-refractivity contribution is -0.160. The fourth-order valence-corrected chi connectivity index (χ4v) is 5.57. The maximum absolute atomic E-state index is 15.6. The zero-order chi connectivity index (χ0) is 27.4. The van der Waals surface area contributed by atoms with Gasteiger partial charge in [-0.3, -0.25) is 9.69 Å². The average Bonchev–Trinajstić information content (AvgIpc) is 3.17. The number of aromatic nitrogens is 1. The number of likely N-dealkylation sites (tertiary alicyclic amines) is 1. The molecule has 0 aliphatic carbocycles. The van der Waals surface area contributed by atoms with E-state index in [1.54, 1.807) is 19.1 Å². The molecule has 38 heavy (non-hydrogen) atoms. The van der Waals surface area contributed by atoms with Crippen molar-refractivity contribution in [2.75, 3.05) is 26.2 Å². The summed E-state index contributed by atoms with van der Waals surface area (Å²) in [6.07, 6.45) is -0.636. The lowest BCUT2D eigenvalue weighted by atomic mass is 9.87. The van der Waals surface area contributed by atoms with Crippen molar-refractivity contribution in [1.82, 2.24) is 14.8 Å². The van der Waals surface area contributed by atoms with Crippen LogP contribution in [0.4, 0.5) is 22.0 Å². The zero-order valence-electron chi connectivity index (χ0n) is 21.4. The molecule has 1 amide bonds. The highest BCUT2D eigenvalue weighted by atomic mass is 19.3. The van der Waals surface area contributed by atoms with Gasteiger partial charge in [0.05, 0.1) is 5.56 Å².